The van der Waals surface area contributed by atoms with Gasteiger partial charge in [-0.2, -0.15) is 0 Å². The molecule has 25 heavy (non-hydrogen) atoms. The zero-order valence-corrected chi connectivity index (χ0v) is 15.3. The Morgan fingerprint density at radius 3 is 2.52 bits per heavy atom. The summed E-state index contributed by atoms with van der Waals surface area (Å²) < 4.78 is 4.99. The molecule has 0 bridgehead atoms. The average molecular weight is 342 g/mol. The molecule has 1 amide bonds. The van der Waals surface area contributed by atoms with E-state index in [-0.39, 0.29) is 17.0 Å². The van der Waals surface area contributed by atoms with Gasteiger partial charge in [-0.05, 0) is 35.6 Å². The van der Waals surface area contributed by atoms with Crippen molar-refractivity contribution < 1.29 is 9.53 Å². The predicted octanol–water partition coefficient (Wildman–Crippen LogP) is 3.47. The number of nitrogens with one attached hydrogen (secondary N) is 2. The minimum Gasteiger partial charge on any atom is -0.385 e. The Labute approximate surface area is 149 Å². The van der Waals surface area contributed by atoms with Gasteiger partial charge in [0, 0.05) is 25.9 Å². The zero-order chi connectivity index (χ0) is 18.3. The predicted molar refractivity (Wildman–Crippen MR) is 100 cm³/mol. The van der Waals surface area contributed by atoms with Crippen LogP contribution in [0.5, 0.6) is 0 Å². The number of nitrogens with zero attached hydrogens (tertiary/aromatic N) is 2. The molecule has 2 N–H and O–H groups in total. The molecule has 6 heteroatoms. The summed E-state index contributed by atoms with van der Waals surface area (Å²) in [5.41, 5.74) is 2.09. The first kappa shape index (κ1) is 18.9. The number of para-hydroxylation sites is 1. The van der Waals surface area contributed by atoms with Gasteiger partial charge >= 0.3 is 0 Å². The van der Waals surface area contributed by atoms with Crippen LogP contribution in [-0.2, 0) is 10.2 Å². The fourth-order valence-electron chi connectivity index (χ4n) is 2.41. The number of hydrogen-bond acceptors (Lipinski definition) is 5. The third-order valence-corrected chi connectivity index (χ3v) is 3.71. The second-order valence-corrected chi connectivity index (χ2v) is 6.83. The van der Waals surface area contributed by atoms with Crippen molar-refractivity contribution >= 4 is 17.4 Å². The molecule has 0 saturated heterocycles. The number of carbonyl (C=O) groups is 1. The number of amides is 1. The Morgan fingerprint density at radius 2 is 1.88 bits per heavy atom. The molecule has 2 rings (SSSR count). The lowest BCUT2D eigenvalue weighted by atomic mass is 9.86. The van der Waals surface area contributed by atoms with Gasteiger partial charge in [0.1, 0.15) is 5.82 Å². The molecule has 2 aromatic rings. The number of carbonyl (C=O) groups excluding carboxylic acids is 1. The molecule has 1 heterocycles. The summed E-state index contributed by atoms with van der Waals surface area (Å²) >= 11 is 0. The van der Waals surface area contributed by atoms with E-state index in [0.29, 0.717) is 12.4 Å². The summed E-state index contributed by atoms with van der Waals surface area (Å²) in [4.78, 5) is 12.5. The number of methoxy groups -OCH3 is 1. The SMILES string of the molecule is COCCCNc1ccc(C(=O)Nc2ccccc2C(C)(C)C)nn1. The average Bonchev–Trinajstić information content (AvgIpc) is 2.59. The molecule has 0 saturated carbocycles. The van der Waals surface area contributed by atoms with Crippen molar-refractivity contribution in [3.63, 3.8) is 0 Å². The van der Waals surface area contributed by atoms with Crippen LogP contribution in [0.1, 0.15) is 43.2 Å². The summed E-state index contributed by atoms with van der Waals surface area (Å²) in [6.45, 7) is 7.77. The van der Waals surface area contributed by atoms with Gasteiger partial charge in [-0.3, -0.25) is 4.79 Å². The summed E-state index contributed by atoms with van der Waals surface area (Å²) in [5.74, 6) is 0.373. The largest absolute Gasteiger partial charge is 0.385 e. The van der Waals surface area contributed by atoms with E-state index < -0.39 is 0 Å². The van der Waals surface area contributed by atoms with Gasteiger partial charge in [-0.15, -0.1) is 10.2 Å². The number of rotatable bonds is 7. The van der Waals surface area contributed by atoms with E-state index in [2.05, 4.69) is 41.6 Å². The van der Waals surface area contributed by atoms with Crippen LogP contribution in [0.15, 0.2) is 36.4 Å². The van der Waals surface area contributed by atoms with E-state index in [1.807, 2.05) is 24.3 Å². The van der Waals surface area contributed by atoms with Crippen molar-refractivity contribution in [2.75, 3.05) is 30.9 Å². The van der Waals surface area contributed by atoms with Gasteiger partial charge in [0.15, 0.2) is 5.69 Å². The molecule has 1 aromatic carbocycles. The van der Waals surface area contributed by atoms with Crippen molar-refractivity contribution in [1.82, 2.24) is 10.2 Å². The van der Waals surface area contributed by atoms with Crippen LogP contribution in [0.3, 0.4) is 0 Å². The number of aromatic nitrogens is 2. The van der Waals surface area contributed by atoms with Crippen LogP contribution in [0.2, 0.25) is 0 Å². The Hall–Kier alpha value is -2.47. The standard InChI is InChI=1S/C19H26N4O2/c1-19(2,3)14-8-5-6-9-15(14)21-18(24)16-10-11-17(23-22-16)20-12-7-13-25-4/h5-6,8-11H,7,12-13H2,1-4H3,(H,20,23)(H,21,24). The molecule has 1 aromatic heterocycles. The van der Waals surface area contributed by atoms with Crippen LogP contribution < -0.4 is 10.6 Å². The van der Waals surface area contributed by atoms with Gasteiger partial charge < -0.3 is 15.4 Å². The molecule has 0 spiro atoms. The van der Waals surface area contributed by atoms with Gasteiger partial charge in [-0.1, -0.05) is 39.0 Å². The molecule has 0 aliphatic rings. The molecule has 0 atom stereocenters. The topological polar surface area (TPSA) is 76.1 Å². The van der Waals surface area contributed by atoms with E-state index in [9.17, 15) is 4.79 Å². The molecule has 0 radical (unpaired) electrons. The zero-order valence-electron chi connectivity index (χ0n) is 15.3. The maximum atomic E-state index is 12.5. The monoisotopic (exact) mass is 342 g/mol. The highest BCUT2D eigenvalue weighted by molar-refractivity contribution is 6.03. The summed E-state index contributed by atoms with van der Waals surface area (Å²) in [7, 11) is 1.67. The first-order valence-electron chi connectivity index (χ1n) is 8.39. The molecule has 0 fully saturated rings. The number of benzene rings is 1. The second-order valence-electron chi connectivity index (χ2n) is 6.83. The molecule has 0 aliphatic carbocycles. The highest BCUT2D eigenvalue weighted by Gasteiger charge is 2.19. The first-order valence-corrected chi connectivity index (χ1v) is 8.39. The third-order valence-electron chi connectivity index (χ3n) is 3.71. The van der Waals surface area contributed by atoms with Crippen molar-refractivity contribution in [1.29, 1.82) is 0 Å². The van der Waals surface area contributed by atoms with Gasteiger partial charge in [-0.25, -0.2) is 0 Å². The van der Waals surface area contributed by atoms with Crippen LogP contribution in [-0.4, -0.2) is 36.4 Å². The van der Waals surface area contributed by atoms with E-state index >= 15 is 0 Å². The quantitative estimate of drug-likeness (QED) is 0.754. The van der Waals surface area contributed by atoms with Crippen LogP contribution >= 0.6 is 0 Å². The number of hydrogen-bond donors (Lipinski definition) is 2. The van der Waals surface area contributed by atoms with Crippen molar-refractivity contribution in [2.24, 2.45) is 0 Å². The minimum absolute atomic E-state index is 0.0640. The Kier molecular flexibility index (Phi) is 6.47. The fraction of sp³-hybridized carbons (Fsp3) is 0.421. The third kappa shape index (κ3) is 5.53. The summed E-state index contributed by atoms with van der Waals surface area (Å²) in [6.07, 6.45) is 0.879. The highest BCUT2D eigenvalue weighted by atomic mass is 16.5. The second kappa shape index (κ2) is 8.58. The van der Waals surface area contributed by atoms with Crippen molar-refractivity contribution in [3.05, 3.63) is 47.7 Å². The highest BCUT2D eigenvalue weighted by Crippen LogP contribution is 2.29. The Balaban J connectivity index is 2.02. The summed E-state index contributed by atoms with van der Waals surface area (Å²) in [5, 5.41) is 14.1. The van der Waals surface area contributed by atoms with Crippen LogP contribution in [0.25, 0.3) is 0 Å². The fourth-order valence-corrected chi connectivity index (χ4v) is 2.41. The smallest absolute Gasteiger partial charge is 0.276 e. The normalized spacial score (nSPS) is 11.2. The van der Waals surface area contributed by atoms with E-state index in [1.165, 1.54) is 0 Å². The van der Waals surface area contributed by atoms with E-state index in [4.69, 9.17) is 4.74 Å². The number of anilines is 2. The molecule has 0 unspecified atom stereocenters. The van der Waals surface area contributed by atoms with Crippen molar-refractivity contribution in [2.45, 2.75) is 32.6 Å². The maximum absolute atomic E-state index is 12.5. The lowest BCUT2D eigenvalue weighted by Crippen LogP contribution is -2.20. The van der Waals surface area contributed by atoms with Crippen LogP contribution in [0.4, 0.5) is 11.5 Å². The lowest BCUT2D eigenvalue weighted by molar-refractivity contribution is 0.102. The Morgan fingerprint density at radius 1 is 1.12 bits per heavy atom. The van der Waals surface area contributed by atoms with Gasteiger partial charge in [0.2, 0.25) is 0 Å². The van der Waals surface area contributed by atoms with Crippen LogP contribution in [0, 0.1) is 0 Å². The van der Waals surface area contributed by atoms with Gasteiger partial charge in [0.25, 0.3) is 5.91 Å². The minimum atomic E-state index is -0.268. The molecular weight excluding hydrogens is 316 g/mol. The molecule has 0 aliphatic heterocycles. The van der Waals surface area contributed by atoms with E-state index in [1.54, 1.807) is 19.2 Å². The summed E-state index contributed by atoms with van der Waals surface area (Å²) in [6, 6.07) is 11.2. The maximum Gasteiger partial charge on any atom is 0.276 e. The van der Waals surface area contributed by atoms with Crippen molar-refractivity contribution in [3.8, 4) is 0 Å². The van der Waals surface area contributed by atoms with E-state index in [0.717, 1.165) is 24.2 Å². The molecule has 134 valence electrons. The Bertz CT molecular complexity index is 693. The lowest BCUT2D eigenvalue weighted by Gasteiger charge is -2.22. The molecule has 6 nitrogen and oxygen atoms in total. The molecular formula is C19H26N4O2. The first-order chi connectivity index (χ1) is 11.9. The van der Waals surface area contributed by atoms with Gasteiger partial charge in [0.05, 0.1) is 0 Å². The number of ether oxygens (including phenoxy) is 1.